The predicted molar refractivity (Wildman–Crippen MR) is 140 cm³/mol. The largest absolute Gasteiger partial charge is 0.396 e. The van der Waals surface area contributed by atoms with E-state index < -0.39 is 29.1 Å². The van der Waals surface area contributed by atoms with Crippen LogP contribution in [0.25, 0.3) is 0 Å². The van der Waals surface area contributed by atoms with Crippen LogP contribution in [0.1, 0.15) is 71.3 Å². The van der Waals surface area contributed by atoms with Crippen LogP contribution in [0.2, 0.25) is 0 Å². The van der Waals surface area contributed by atoms with Gasteiger partial charge in [-0.05, 0) is 50.5 Å². The summed E-state index contributed by atoms with van der Waals surface area (Å²) in [5.74, 6) is -1.86. The monoisotopic (exact) mass is 513 g/mol. The van der Waals surface area contributed by atoms with Crippen molar-refractivity contribution in [3.8, 4) is 0 Å². The van der Waals surface area contributed by atoms with Gasteiger partial charge < -0.3 is 25.4 Å². The third kappa shape index (κ3) is 5.02. The van der Waals surface area contributed by atoms with E-state index in [0.29, 0.717) is 38.9 Å². The zero-order valence-corrected chi connectivity index (χ0v) is 22.5. The number of hydrogen-bond donors (Lipinski definition) is 3. The Bertz CT molecular complexity index is 972. The van der Waals surface area contributed by atoms with Crippen molar-refractivity contribution in [2.24, 2.45) is 17.8 Å². The molecule has 3 aliphatic heterocycles. The first-order valence-corrected chi connectivity index (χ1v) is 14.0. The second-order valence-corrected chi connectivity index (χ2v) is 11.2. The lowest BCUT2D eigenvalue weighted by atomic mass is 9.62. The van der Waals surface area contributed by atoms with Crippen LogP contribution in [0.4, 0.5) is 0 Å². The van der Waals surface area contributed by atoms with E-state index in [-0.39, 0.29) is 30.2 Å². The molecule has 0 radical (unpaired) electrons. The van der Waals surface area contributed by atoms with Crippen molar-refractivity contribution in [1.29, 1.82) is 0 Å². The van der Waals surface area contributed by atoms with E-state index in [1.54, 1.807) is 4.90 Å². The molecule has 3 amide bonds. The molecular formula is C29H43N3O5. The molecule has 8 nitrogen and oxygen atoms in total. The van der Waals surface area contributed by atoms with E-state index in [2.05, 4.69) is 24.5 Å². The van der Waals surface area contributed by atoms with Crippen LogP contribution in [-0.2, 0) is 25.7 Å². The smallest absolute Gasteiger partial charge is 0.245 e. The van der Waals surface area contributed by atoms with Crippen molar-refractivity contribution in [3.63, 3.8) is 0 Å². The van der Waals surface area contributed by atoms with Crippen molar-refractivity contribution >= 4 is 17.7 Å². The Kier molecular flexibility index (Phi) is 8.59. The maximum Gasteiger partial charge on any atom is 0.245 e. The molecule has 4 rings (SSSR count). The van der Waals surface area contributed by atoms with Gasteiger partial charge in [0.1, 0.15) is 11.6 Å². The first kappa shape index (κ1) is 27.6. The van der Waals surface area contributed by atoms with Gasteiger partial charge in [0, 0.05) is 26.2 Å². The van der Waals surface area contributed by atoms with E-state index in [1.165, 1.54) is 0 Å². The first-order valence-electron chi connectivity index (χ1n) is 14.0. The summed E-state index contributed by atoms with van der Waals surface area (Å²) in [6, 6.07) is 8.95. The van der Waals surface area contributed by atoms with E-state index >= 15 is 0 Å². The maximum absolute atomic E-state index is 14.0. The number of benzene rings is 1. The summed E-state index contributed by atoms with van der Waals surface area (Å²) in [4.78, 5) is 43.0. The quantitative estimate of drug-likeness (QED) is 0.352. The lowest BCUT2D eigenvalue weighted by molar-refractivity contribution is -0.147. The van der Waals surface area contributed by atoms with Crippen LogP contribution in [0.3, 0.4) is 0 Å². The highest BCUT2D eigenvalue weighted by Crippen LogP contribution is 2.65. The van der Waals surface area contributed by atoms with Gasteiger partial charge in [-0.3, -0.25) is 14.4 Å². The molecule has 1 aromatic carbocycles. The van der Waals surface area contributed by atoms with Crippen LogP contribution in [-0.4, -0.2) is 64.7 Å². The summed E-state index contributed by atoms with van der Waals surface area (Å²) in [5, 5.41) is 15.3. The predicted octanol–water partition coefficient (Wildman–Crippen LogP) is 2.78. The Morgan fingerprint density at radius 1 is 1.08 bits per heavy atom. The standard InChI is InChI=1S/C29H43N3O5/c1-4-5-10-15-30-26(35)24-29-18-20(2)28(3,37-29)22(25(34)31-19-21-13-8-6-9-14-21)23(29)27(36)32(24)16-11-7-12-17-33/h6,8-9,13-14,20,22-24,33H,4-5,7,10-12,15-19H2,1-3H3,(H,30,35)(H,31,34)/t20?,22-,23+,24?,28+,29?/m1/s1. The average Bonchev–Trinajstić information content (AvgIpc) is 3.40. The zero-order valence-electron chi connectivity index (χ0n) is 22.5. The highest BCUT2D eigenvalue weighted by molar-refractivity contribution is 5.99. The number of aliphatic hydroxyl groups excluding tert-OH is 1. The van der Waals surface area contributed by atoms with Crippen LogP contribution in [0.15, 0.2) is 30.3 Å². The molecule has 0 aromatic heterocycles. The molecule has 3 aliphatic rings. The molecule has 3 heterocycles. The van der Waals surface area contributed by atoms with Crippen LogP contribution >= 0.6 is 0 Å². The Hall–Kier alpha value is -2.45. The van der Waals surface area contributed by atoms with Crippen molar-refractivity contribution < 1.29 is 24.2 Å². The maximum atomic E-state index is 14.0. The summed E-state index contributed by atoms with van der Waals surface area (Å²) < 4.78 is 6.73. The Morgan fingerprint density at radius 2 is 1.84 bits per heavy atom. The SMILES string of the molecule is CCCCCNC(=O)C1N(CCCCCO)C(=O)[C@@H]2[C@H](C(=O)NCc3ccccc3)[C@@]3(C)OC12CC3C. The molecule has 1 aromatic rings. The number of nitrogens with zero attached hydrogens (tertiary/aromatic N) is 1. The van der Waals surface area contributed by atoms with Gasteiger partial charge in [-0.25, -0.2) is 0 Å². The number of ether oxygens (including phenoxy) is 1. The van der Waals surface area contributed by atoms with Gasteiger partial charge in [0.25, 0.3) is 0 Å². The Morgan fingerprint density at radius 3 is 2.54 bits per heavy atom. The van der Waals surface area contributed by atoms with Gasteiger partial charge in [0.05, 0.1) is 17.4 Å². The molecule has 204 valence electrons. The highest BCUT2D eigenvalue weighted by Gasteiger charge is 2.79. The second kappa shape index (κ2) is 11.5. The van der Waals surface area contributed by atoms with Gasteiger partial charge in [-0.2, -0.15) is 0 Å². The minimum Gasteiger partial charge on any atom is -0.396 e. The number of fused-ring (bicyclic) bond motifs is 1. The summed E-state index contributed by atoms with van der Waals surface area (Å²) in [7, 11) is 0. The number of nitrogens with one attached hydrogen (secondary N) is 2. The number of carbonyl (C=O) groups excluding carboxylic acids is 3. The van der Waals surface area contributed by atoms with Crippen molar-refractivity contribution in [2.75, 3.05) is 19.7 Å². The number of rotatable bonds is 13. The number of carbonyl (C=O) groups is 3. The van der Waals surface area contributed by atoms with E-state index in [0.717, 1.165) is 31.2 Å². The molecule has 3 unspecified atom stereocenters. The van der Waals surface area contributed by atoms with Crippen molar-refractivity contribution in [3.05, 3.63) is 35.9 Å². The first-order chi connectivity index (χ1) is 17.8. The number of amides is 3. The third-order valence-electron chi connectivity index (χ3n) is 8.79. The van der Waals surface area contributed by atoms with Gasteiger partial charge in [-0.15, -0.1) is 0 Å². The summed E-state index contributed by atoms with van der Waals surface area (Å²) >= 11 is 0. The fourth-order valence-electron chi connectivity index (χ4n) is 6.83. The summed E-state index contributed by atoms with van der Waals surface area (Å²) in [6.45, 7) is 7.57. The molecule has 0 aliphatic carbocycles. The highest BCUT2D eigenvalue weighted by atomic mass is 16.5. The Labute approximate surface area is 220 Å². The van der Waals surface area contributed by atoms with Gasteiger partial charge in [-0.1, -0.05) is 57.0 Å². The molecule has 37 heavy (non-hydrogen) atoms. The zero-order chi connectivity index (χ0) is 26.6. The van der Waals surface area contributed by atoms with E-state index in [1.807, 2.05) is 37.3 Å². The molecule has 1 spiro atoms. The van der Waals surface area contributed by atoms with E-state index in [9.17, 15) is 19.5 Å². The lowest BCUT2D eigenvalue weighted by Gasteiger charge is -2.36. The van der Waals surface area contributed by atoms with Crippen molar-refractivity contribution in [2.45, 2.75) is 89.5 Å². The summed E-state index contributed by atoms with van der Waals surface area (Å²) in [5.41, 5.74) is -0.836. The number of hydrogen-bond acceptors (Lipinski definition) is 5. The normalized spacial score (nSPS) is 32.0. The van der Waals surface area contributed by atoms with Gasteiger partial charge in [0.15, 0.2) is 0 Å². The Balaban J connectivity index is 1.60. The second-order valence-electron chi connectivity index (χ2n) is 11.2. The number of likely N-dealkylation sites (tertiary alicyclic amines) is 1. The lowest BCUT2D eigenvalue weighted by Crippen LogP contribution is -2.56. The van der Waals surface area contributed by atoms with Crippen molar-refractivity contribution in [1.82, 2.24) is 15.5 Å². The molecule has 2 bridgehead atoms. The topological polar surface area (TPSA) is 108 Å². The average molecular weight is 514 g/mol. The van der Waals surface area contributed by atoms with E-state index in [4.69, 9.17) is 4.74 Å². The number of unbranched alkanes of at least 4 members (excludes halogenated alkanes) is 4. The fraction of sp³-hybridized carbons (Fsp3) is 0.690. The van der Waals surface area contributed by atoms with Gasteiger partial charge >= 0.3 is 0 Å². The molecule has 3 saturated heterocycles. The van der Waals surface area contributed by atoms with Crippen LogP contribution in [0.5, 0.6) is 0 Å². The number of aliphatic hydroxyl groups is 1. The van der Waals surface area contributed by atoms with Crippen LogP contribution < -0.4 is 10.6 Å². The van der Waals surface area contributed by atoms with Gasteiger partial charge in [0.2, 0.25) is 17.7 Å². The molecule has 3 N–H and O–H groups in total. The third-order valence-corrected chi connectivity index (χ3v) is 8.79. The molecule has 3 fully saturated rings. The molecule has 6 atom stereocenters. The molecular weight excluding hydrogens is 470 g/mol. The summed E-state index contributed by atoms with van der Waals surface area (Å²) in [6.07, 6.45) is 5.64. The fourth-order valence-corrected chi connectivity index (χ4v) is 6.83. The molecule has 8 heteroatoms. The van der Waals surface area contributed by atoms with Crippen LogP contribution in [0, 0.1) is 17.8 Å². The minimum atomic E-state index is -1.01. The minimum absolute atomic E-state index is 0.0220. The molecule has 0 saturated carbocycles.